The maximum atomic E-state index is 12.9. The van der Waals surface area contributed by atoms with Crippen molar-refractivity contribution in [3.8, 4) is 17.2 Å². The van der Waals surface area contributed by atoms with Gasteiger partial charge in [0, 0.05) is 6.42 Å². The van der Waals surface area contributed by atoms with Gasteiger partial charge in [-0.25, -0.2) is 0 Å². The van der Waals surface area contributed by atoms with Crippen molar-refractivity contribution < 1.29 is 19.0 Å². The molecule has 3 aromatic carbocycles. The summed E-state index contributed by atoms with van der Waals surface area (Å²) in [5.74, 6) is 1.46. The number of para-hydroxylation sites is 1. The van der Waals surface area contributed by atoms with Gasteiger partial charge in [0.05, 0.1) is 12.2 Å². The highest BCUT2D eigenvalue weighted by atomic mass is 32.2. The summed E-state index contributed by atoms with van der Waals surface area (Å²) in [5.41, 5.74) is 3.01. The third kappa shape index (κ3) is 6.21. The first-order valence-corrected chi connectivity index (χ1v) is 13.4. The summed E-state index contributed by atoms with van der Waals surface area (Å²) in [4.78, 5) is 17.0. The fourth-order valence-corrected chi connectivity index (χ4v) is 4.98. The highest BCUT2D eigenvalue weighted by Crippen LogP contribution is 2.32. The number of benzene rings is 3. The monoisotopic (exact) mass is 540 g/mol. The molecule has 0 radical (unpaired) electrons. The van der Waals surface area contributed by atoms with Crippen LogP contribution in [0.15, 0.2) is 88.5 Å². The molecular formula is C30H28N4O4S. The zero-order valence-electron chi connectivity index (χ0n) is 21.7. The zero-order chi connectivity index (χ0) is 27.2. The molecule has 39 heavy (non-hydrogen) atoms. The standard InChI is InChI=1S/C30H28N4O4S/c1-3-36-26-18-22(13-14-25(26)38-16-15-37-24-12-8-7-9-20(24)2)17-23-28(31)34-30(32-29(23)35)39-27(33-34)19-21-10-5-4-6-11-21/h4-14,17-18,31H,3,15-16,19H2,1-2H3/b23-17+,31-28?. The molecule has 0 fully saturated rings. The van der Waals surface area contributed by atoms with Crippen molar-refractivity contribution in [2.24, 2.45) is 10.1 Å². The van der Waals surface area contributed by atoms with Gasteiger partial charge in [-0.3, -0.25) is 10.2 Å². The molecule has 2 heterocycles. The number of nitrogens with zero attached hydrogens (tertiary/aromatic N) is 3. The van der Waals surface area contributed by atoms with Crippen LogP contribution in [0.25, 0.3) is 6.08 Å². The topological polar surface area (TPSA) is 96.6 Å². The van der Waals surface area contributed by atoms with E-state index in [0.29, 0.717) is 48.5 Å². The molecule has 0 unspecified atom stereocenters. The number of amides is 1. The number of hydrogen-bond donors (Lipinski definition) is 1. The van der Waals surface area contributed by atoms with E-state index in [0.717, 1.165) is 21.9 Å². The van der Waals surface area contributed by atoms with Crippen LogP contribution in [0.4, 0.5) is 0 Å². The van der Waals surface area contributed by atoms with Gasteiger partial charge in [-0.1, -0.05) is 54.6 Å². The molecule has 0 saturated carbocycles. The number of hydrogen-bond acceptors (Lipinski definition) is 7. The number of fused-ring (bicyclic) bond motifs is 1. The summed E-state index contributed by atoms with van der Waals surface area (Å²) in [6.45, 7) is 5.06. The Kier molecular flexibility index (Phi) is 8.07. The van der Waals surface area contributed by atoms with Crippen molar-refractivity contribution >= 4 is 39.8 Å². The normalized spacial score (nSPS) is 15.6. The van der Waals surface area contributed by atoms with E-state index >= 15 is 0 Å². The quantitative estimate of drug-likeness (QED) is 0.261. The summed E-state index contributed by atoms with van der Waals surface area (Å²) < 4.78 is 17.5. The third-order valence-electron chi connectivity index (χ3n) is 5.97. The molecule has 0 atom stereocenters. The average molecular weight is 541 g/mol. The molecule has 0 aromatic heterocycles. The SMILES string of the molecule is CCOc1cc(/C=C2\C(=N)N3N=C(Cc4ccccc4)SC3=NC2=O)ccc1OCCOc1ccccc1C. The van der Waals surface area contributed by atoms with Crippen LogP contribution >= 0.6 is 11.8 Å². The van der Waals surface area contributed by atoms with Gasteiger partial charge in [0.1, 0.15) is 24.0 Å². The van der Waals surface area contributed by atoms with Crippen molar-refractivity contribution in [3.05, 3.63) is 95.1 Å². The first-order chi connectivity index (χ1) is 19.0. The van der Waals surface area contributed by atoms with Crippen LogP contribution in [0.3, 0.4) is 0 Å². The van der Waals surface area contributed by atoms with Gasteiger partial charge in [0.15, 0.2) is 17.3 Å². The Labute approximate surface area is 231 Å². The zero-order valence-corrected chi connectivity index (χ0v) is 22.5. The molecule has 0 bridgehead atoms. The number of hydrazone groups is 1. The number of aryl methyl sites for hydroxylation is 1. The maximum absolute atomic E-state index is 12.9. The number of rotatable bonds is 10. The molecule has 1 N–H and O–H groups in total. The number of carbonyl (C=O) groups is 1. The summed E-state index contributed by atoms with van der Waals surface area (Å²) in [6, 6.07) is 23.2. The van der Waals surface area contributed by atoms with E-state index in [-0.39, 0.29) is 11.4 Å². The van der Waals surface area contributed by atoms with Crippen LogP contribution in [-0.4, -0.2) is 46.8 Å². The lowest BCUT2D eigenvalue weighted by molar-refractivity contribution is -0.114. The van der Waals surface area contributed by atoms with E-state index in [1.165, 1.54) is 16.8 Å². The second-order valence-electron chi connectivity index (χ2n) is 8.78. The molecule has 0 aliphatic carbocycles. The van der Waals surface area contributed by atoms with Crippen LogP contribution in [-0.2, 0) is 11.2 Å². The molecule has 5 rings (SSSR count). The Hall–Kier alpha value is -4.37. The summed E-state index contributed by atoms with van der Waals surface area (Å²) in [7, 11) is 0. The summed E-state index contributed by atoms with van der Waals surface area (Å²) >= 11 is 1.32. The Bertz CT molecular complexity index is 1480. The van der Waals surface area contributed by atoms with Crippen LogP contribution in [0.1, 0.15) is 23.6 Å². The van der Waals surface area contributed by atoms with Crippen LogP contribution in [0.5, 0.6) is 17.2 Å². The van der Waals surface area contributed by atoms with Crippen molar-refractivity contribution in [1.29, 1.82) is 5.41 Å². The Morgan fingerprint density at radius 3 is 2.44 bits per heavy atom. The van der Waals surface area contributed by atoms with Gasteiger partial charge >= 0.3 is 0 Å². The Balaban J connectivity index is 1.28. The van der Waals surface area contributed by atoms with Gasteiger partial charge in [-0.15, -0.1) is 0 Å². The molecule has 2 aliphatic heterocycles. The van der Waals surface area contributed by atoms with E-state index in [4.69, 9.17) is 19.6 Å². The average Bonchev–Trinajstić information content (AvgIpc) is 3.34. The molecule has 2 aliphatic rings. The van der Waals surface area contributed by atoms with Crippen LogP contribution < -0.4 is 14.2 Å². The Morgan fingerprint density at radius 1 is 0.923 bits per heavy atom. The van der Waals surface area contributed by atoms with Gasteiger partial charge in [-0.05, 0) is 66.6 Å². The fraction of sp³-hybridized carbons (Fsp3) is 0.200. The van der Waals surface area contributed by atoms with Gasteiger partial charge < -0.3 is 14.2 Å². The second-order valence-corrected chi connectivity index (χ2v) is 9.82. The second kappa shape index (κ2) is 12.0. The van der Waals surface area contributed by atoms with E-state index in [9.17, 15) is 4.79 Å². The van der Waals surface area contributed by atoms with E-state index in [1.54, 1.807) is 18.2 Å². The fourth-order valence-electron chi connectivity index (χ4n) is 4.06. The Morgan fingerprint density at radius 2 is 1.67 bits per heavy atom. The minimum atomic E-state index is -0.471. The van der Waals surface area contributed by atoms with E-state index in [1.807, 2.05) is 74.5 Å². The minimum Gasteiger partial charge on any atom is -0.490 e. The number of thioether (sulfide) groups is 1. The number of carbonyl (C=O) groups excluding carboxylic acids is 1. The van der Waals surface area contributed by atoms with Gasteiger partial charge in [0.25, 0.3) is 5.91 Å². The molecule has 198 valence electrons. The molecule has 1 amide bonds. The molecule has 0 spiro atoms. The molecular weight excluding hydrogens is 512 g/mol. The predicted molar refractivity (Wildman–Crippen MR) is 155 cm³/mol. The van der Waals surface area contributed by atoms with Crippen molar-refractivity contribution in [1.82, 2.24) is 5.01 Å². The number of amidine groups is 2. The molecule has 0 saturated heterocycles. The highest BCUT2D eigenvalue weighted by molar-refractivity contribution is 8.26. The number of nitrogens with one attached hydrogen (secondary N) is 1. The molecule has 9 heteroatoms. The smallest absolute Gasteiger partial charge is 0.283 e. The number of ether oxygens (including phenoxy) is 3. The van der Waals surface area contributed by atoms with E-state index < -0.39 is 5.91 Å². The van der Waals surface area contributed by atoms with Gasteiger partial charge in [-0.2, -0.15) is 15.1 Å². The van der Waals surface area contributed by atoms with Crippen molar-refractivity contribution in [2.75, 3.05) is 19.8 Å². The summed E-state index contributed by atoms with van der Waals surface area (Å²) in [5, 5.41) is 15.8. The lowest BCUT2D eigenvalue weighted by Gasteiger charge is -2.20. The van der Waals surface area contributed by atoms with Crippen molar-refractivity contribution in [2.45, 2.75) is 20.3 Å². The predicted octanol–water partition coefficient (Wildman–Crippen LogP) is 5.71. The largest absolute Gasteiger partial charge is 0.490 e. The lowest BCUT2D eigenvalue weighted by Crippen LogP contribution is -2.35. The first kappa shape index (κ1) is 26.2. The molecule has 3 aromatic rings. The highest BCUT2D eigenvalue weighted by Gasteiger charge is 2.35. The number of aliphatic imine (C=N–C) groups is 1. The van der Waals surface area contributed by atoms with Crippen molar-refractivity contribution in [3.63, 3.8) is 0 Å². The minimum absolute atomic E-state index is 0.00722. The maximum Gasteiger partial charge on any atom is 0.283 e. The first-order valence-electron chi connectivity index (χ1n) is 12.6. The van der Waals surface area contributed by atoms with E-state index in [2.05, 4.69) is 10.1 Å². The summed E-state index contributed by atoms with van der Waals surface area (Å²) in [6.07, 6.45) is 2.24. The van der Waals surface area contributed by atoms with Gasteiger partial charge in [0.2, 0.25) is 5.17 Å². The van der Waals surface area contributed by atoms with Crippen LogP contribution in [0, 0.1) is 12.3 Å². The molecule has 8 nitrogen and oxygen atoms in total. The third-order valence-corrected chi connectivity index (χ3v) is 6.87. The van der Waals surface area contributed by atoms with Crippen LogP contribution in [0.2, 0.25) is 0 Å². The lowest BCUT2D eigenvalue weighted by atomic mass is 10.1.